The van der Waals surface area contributed by atoms with E-state index < -0.39 is 9.84 Å². The second-order valence-corrected chi connectivity index (χ2v) is 8.41. The summed E-state index contributed by atoms with van der Waals surface area (Å²) in [6.45, 7) is 5.03. The molecule has 0 bridgehead atoms. The van der Waals surface area contributed by atoms with Crippen LogP contribution in [0.5, 0.6) is 0 Å². The summed E-state index contributed by atoms with van der Waals surface area (Å²) < 4.78 is 23.1. The molecule has 6 nitrogen and oxygen atoms in total. The number of pyridine rings is 1. The number of aromatic nitrogens is 1. The standard InChI is InChI=1S/C15H23N3O3S/c1-11(2)9-17-12-4-6-16-14(8-12)15(19)18(3)13-5-7-22(20,21)10-13/h4,6,8,11,13H,5,7,9-10H2,1-3H3,(H,16,17). The molecular weight excluding hydrogens is 302 g/mol. The normalized spacial score (nSPS) is 20.1. The van der Waals surface area contributed by atoms with Crippen LogP contribution in [0.25, 0.3) is 0 Å². The van der Waals surface area contributed by atoms with Crippen molar-refractivity contribution < 1.29 is 13.2 Å². The van der Waals surface area contributed by atoms with Gasteiger partial charge in [-0.1, -0.05) is 13.8 Å². The molecule has 1 aromatic heterocycles. The van der Waals surface area contributed by atoms with Gasteiger partial charge in [0.2, 0.25) is 0 Å². The maximum Gasteiger partial charge on any atom is 0.272 e. The van der Waals surface area contributed by atoms with Gasteiger partial charge in [0.1, 0.15) is 5.69 Å². The fourth-order valence-corrected chi connectivity index (χ4v) is 4.18. The lowest BCUT2D eigenvalue weighted by atomic mass is 10.2. The minimum atomic E-state index is -3.01. The third kappa shape index (κ3) is 4.19. The summed E-state index contributed by atoms with van der Waals surface area (Å²) in [6.07, 6.45) is 2.09. The number of anilines is 1. The molecule has 1 amide bonds. The topological polar surface area (TPSA) is 79.4 Å². The van der Waals surface area contributed by atoms with E-state index in [2.05, 4.69) is 24.1 Å². The Balaban J connectivity index is 2.07. The molecule has 0 aliphatic carbocycles. The van der Waals surface area contributed by atoms with Gasteiger partial charge >= 0.3 is 0 Å². The van der Waals surface area contributed by atoms with Gasteiger partial charge in [-0.25, -0.2) is 8.42 Å². The summed E-state index contributed by atoms with van der Waals surface area (Å²) in [5.41, 5.74) is 1.18. The average Bonchev–Trinajstić information content (AvgIpc) is 2.84. The van der Waals surface area contributed by atoms with Gasteiger partial charge in [0.05, 0.1) is 11.5 Å². The molecule has 122 valence electrons. The minimum absolute atomic E-state index is 0.0422. The second kappa shape index (κ2) is 6.64. The molecular formula is C15H23N3O3S. The highest BCUT2D eigenvalue weighted by atomic mass is 32.2. The second-order valence-electron chi connectivity index (χ2n) is 6.18. The summed E-state index contributed by atoms with van der Waals surface area (Å²) in [4.78, 5) is 18.1. The van der Waals surface area contributed by atoms with Crippen molar-refractivity contribution in [1.29, 1.82) is 0 Å². The molecule has 1 aromatic rings. The van der Waals surface area contributed by atoms with Crippen molar-refractivity contribution in [3.8, 4) is 0 Å². The van der Waals surface area contributed by atoms with Gasteiger partial charge in [0, 0.05) is 31.5 Å². The van der Waals surface area contributed by atoms with Crippen LogP contribution in [-0.2, 0) is 9.84 Å². The number of hydrogen-bond donors (Lipinski definition) is 1. The number of nitrogens with zero attached hydrogens (tertiary/aromatic N) is 2. The van der Waals surface area contributed by atoms with Crippen molar-refractivity contribution in [1.82, 2.24) is 9.88 Å². The maximum absolute atomic E-state index is 12.5. The van der Waals surface area contributed by atoms with Crippen LogP contribution in [0.1, 0.15) is 30.8 Å². The van der Waals surface area contributed by atoms with E-state index in [1.807, 2.05) is 6.07 Å². The first kappa shape index (κ1) is 16.7. The van der Waals surface area contributed by atoms with Crippen LogP contribution in [-0.4, -0.2) is 55.3 Å². The van der Waals surface area contributed by atoms with E-state index in [4.69, 9.17) is 0 Å². The molecule has 1 N–H and O–H groups in total. The summed E-state index contributed by atoms with van der Waals surface area (Å²) in [5.74, 6) is 0.452. The Kier molecular flexibility index (Phi) is 5.05. The van der Waals surface area contributed by atoms with Crippen LogP contribution in [0, 0.1) is 5.92 Å². The molecule has 1 fully saturated rings. The average molecular weight is 325 g/mol. The number of carbonyl (C=O) groups is 1. The van der Waals surface area contributed by atoms with Gasteiger partial charge in [0.25, 0.3) is 5.91 Å². The number of sulfone groups is 1. The zero-order valence-electron chi connectivity index (χ0n) is 13.2. The van der Waals surface area contributed by atoms with Crippen molar-refractivity contribution in [2.24, 2.45) is 5.92 Å². The minimum Gasteiger partial charge on any atom is -0.385 e. The van der Waals surface area contributed by atoms with Crippen LogP contribution in [0.2, 0.25) is 0 Å². The van der Waals surface area contributed by atoms with E-state index in [1.165, 1.54) is 4.90 Å². The summed E-state index contributed by atoms with van der Waals surface area (Å²) >= 11 is 0. The van der Waals surface area contributed by atoms with E-state index in [1.54, 1.807) is 19.3 Å². The molecule has 0 radical (unpaired) electrons. The van der Waals surface area contributed by atoms with E-state index in [-0.39, 0.29) is 23.5 Å². The Morgan fingerprint density at radius 1 is 1.50 bits per heavy atom. The molecule has 2 rings (SSSR count). The molecule has 1 saturated heterocycles. The van der Waals surface area contributed by atoms with Crippen molar-refractivity contribution in [3.63, 3.8) is 0 Å². The Labute approximate surface area is 131 Å². The SMILES string of the molecule is CC(C)CNc1ccnc(C(=O)N(C)C2CCS(=O)(=O)C2)c1. The van der Waals surface area contributed by atoms with E-state index >= 15 is 0 Å². The lowest BCUT2D eigenvalue weighted by Crippen LogP contribution is -2.38. The molecule has 0 spiro atoms. The monoisotopic (exact) mass is 325 g/mol. The number of rotatable bonds is 5. The van der Waals surface area contributed by atoms with Gasteiger partial charge in [-0.15, -0.1) is 0 Å². The first-order chi connectivity index (χ1) is 10.3. The maximum atomic E-state index is 12.5. The summed E-state index contributed by atoms with van der Waals surface area (Å²) in [7, 11) is -1.37. The predicted molar refractivity (Wildman–Crippen MR) is 86.7 cm³/mol. The Morgan fingerprint density at radius 2 is 2.23 bits per heavy atom. The van der Waals surface area contributed by atoms with Crippen LogP contribution in [0.15, 0.2) is 18.3 Å². The van der Waals surface area contributed by atoms with Crippen LogP contribution < -0.4 is 5.32 Å². The molecule has 7 heteroatoms. The Morgan fingerprint density at radius 3 is 2.82 bits per heavy atom. The third-order valence-electron chi connectivity index (χ3n) is 3.77. The zero-order chi connectivity index (χ0) is 16.3. The van der Waals surface area contributed by atoms with Gasteiger partial charge < -0.3 is 10.2 Å². The highest BCUT2D eigenvalue weighted by molar-refractivity contribution is 7.91. The molecule has 0 aromatic carbocycles. The molecule has 1 unspecified atom stereocenters. The lowest BCUT2D eigenvalue weighted by molar-refractivity contribution is 0.0742. The Bertz CT molecular complexity index is 643. The summed E-state index contributed by atoms with van der Waals surface area (Å²) in [6, 6.07) is 3.27. The first-order valence-corrected chi connectivity index (χ1v) is 9.28. The largest absolute Gasteiger partial charge is 0.385 e. The van der Waals surface area contributed by atoms with Crippen molar-refractivity contribution >= 4 is 21.4 Å². The van der Waals surface area contributed by atoms with Crippen LogP contribution in [0.3, 0.4) is 0 Å². The third-order valence-corrected chi connectivity index (χ3v) is 5.52. The molecule has 1 aliphatic heterocycles. The lowest BCUT2D eigenvalue weighted by Gasteiger charge is -2.23. The Hall–Kier alpha value is -1.63. The predicted octanol–water partition coefficient (Wildman–Crippen LogP) is 1.41. The van der Waals surface area contributed by atoms with Gasteiger partial charge in [0.15, 0.2) is 9.84 Å². The summed E-state index contributed by atoms with van der Waals surface area (Å²) in [5, 5.41) is 3.25. The van der Waals surface area contributed by atoms with Gasteiger partial charge in [-0.3, -0.25) is 9.78 Å². The van der Waals surface area contributed by atoms with Crippen molar-refractivity contribution in [2.75, 3.05) is 30.4 Å². The van der Waals surface area contributed by atoms with E-state index in [0.717, 1.165) is 12.2 Å². The first-order valence-electron chi connectivity index (χ1n) is 7.46. The fraction of sp³-hybridized carbons (Fsp3) is 0.600. The van der Waals surface area contributed by atoms with Gasteiger partial charge in [-0.2, -0.15) is 0 Å². The smallest absolute Gasteiger partial charge is 0.272 e. The molecule has 2 heterocycles. The molecule has 1 atom stereocenters. The number of nitrogens with one attached hydrogen (secondary N) is 1. The fourth-order valence-electron chi connectivity index (χ4n) is 2.41. The molecule has 1 aliphatic rings. The zero-order valence-corrected chi connectivity index (χ0v) is 14.1. The van der Waals surface area contributed by atoms with Crippen molar-refractivity contribution in [3.05, 3.63) is 24.0 Å². The highest BCUT2D eigenvalue weighted by Crippen LogP contribution is 2.19. The molecule has 22 heavy (non-hydrogen) atoms. The number of amides is 1. The van der Waals surface area contributed by atoms with Crippen LogP contribution in [0.4, 0.5) is 5.69 Å². The quantitative estimate of drug-likeness (QED) is 0.885. The van der Waals surface area contributed by atoms with E-state index in [0.29, 0.717) is 18.0 Å². The van der Waals surface area contributed by atoms with Crippen LogP contribution >= 0.6 is 0 Å². The number of hydrogen-bond acceptors (Lipinski definition) is 5. The number of carbonyl (C=O) groups excluding carboxylic acids is 1. The molecule has 0 saturated carbocycles. The van der Waals surface area contributed by atoms with E-state index in [9.17, 15) is 13.2 Å². The van der Waals surface area contributed by atoms with Crippen molar-refractivity contribution in [2.45, 2.75) is 26.3 Å². The van der Waals surface area contributed by atoms with Gasteiger partial charge in [-0.05, 0) is 24.5 Å². The highest BCUT2D eigenvalue weighted by Gasteiger charge is 2.33.